The standard InChI is InChI=1S/C19H22N2O3/c1-4-14-5-7-15(8-6-14)13-20-21-19(22)12-16-9-10-17(23-2)18(11-16)24-3/h5-11,13H,4,12H2,1-3H3,(H,21,22)/b20-13+. The fraction of sp³-hybridized carbons (Fsp3) is 0.263. The van der Waals surface area contributed by atoms with E-state index < -0.39 is 0 Å². The number of hydrogen-bond acceptors (Lipinski definition) is 4. The maximum atomic E-state index is 12.0. The van der Waals surface area contributed by atoms with Gasteiger partial charge in [0.25, 0.3) is 0 Å². The Labute approximate surface area is 142 Å². The first-order valence-corrected chi connectivity index (χ1v) is 7.78. The van der Waals surface area contributed by atoms with Gasteiger partial charge in [-0.25, -0.2) is 5.43 Å². The second kappa shape index (κ2) is 8.72. The zero-order chi connectivity index (χ0) is 17.4. The number of benzene rings is 2. The fourth-order valence-electron chi connectivity index (χ4n) is 2.23. The lowest BCUT2D eigenvalue weighted by Gasteiger charge is -2.09. The number of amides is 1. The quantitative estimate of drug-likeness (QED) is 0.628. The number of carbonyl (C=O) groups is 1. The van der Waals surface area contributed by atoms with Crippen LogP contribution in [0.1, 0.15) is 23.6 Å². The van der Waals surface area contributed by atoms with Crippen LogP contribution in [0.4, 0.5) is 0 Å². The summed E-state index contributed by atoms with van der Waals surface area (Å²) in [7, 11) is 3.14. The van der Waals surface area contributed by atoms with Gasteiger partial charge in [0.1, 0.15) is 0 Å². The molecular weight excluding hydrogens is 304 g/mol. The highest BCUT2D eigenvalue weighted by molar-refractivity contribution is 5.83. The van der Waals surface area contributed by atoms with E-state index in [9.17, 15) is 4.79 Å². The predicted octanol–water partition coefficient (Wildman–Crippen LogP) is 2.96. The molecule has 0 saturated heterocycles. The molecule has 0 atom stereocenters. The maximum absolute atomic E-state index is 12.0. The average Bonchev–Trinajstić information content (AvgIpc) is 2.62. The van der Waals surface area contributed by atoms with Crippen LogP contribution < -0.4 is 14.9 Å². The van der Waals surface area contributed by atoms with Crippen LogP contribution in [0.5, 0.6) is 11.5 Å². The van der Waals surface area contributed by atoms with Crippen molar-refractivity contribution in [1.29, 1.82) is 0 Å². The van der Waals surface area contributed by atoms with E-state index in [-0.39, 0.29) is 12.3 Å². The normalized spacial score (nSPS) is 10.6. The van der Waals surface area contributed by atoms with Gasteiger partial charge in [0.05, 0.1) is 26.9 Å². The van der Waals surface area contributed by atoms with Crippen molar-refractivity contribution >= 4 is 12.1 Å². The minimum atomic E-state index is -0.191. The lowest BCUT2D eigenvalue weighted by atomic mass is 10.1. The molecule has 0 radical (unpaired) electrons. The van der Waals surface area contributed by atoms with Gasteiger partial charge < -0.3 is 9.47 Å². The molecule has 0 bridgehead atoms. The Balaban J connectivity index is 1.91. The molecule has 0 spiro atoms. The number of hydrazone groups is 1. The van der Waals surface area contributed by atoms with Gasteiger partial charge in [-0.3, -0.25) is 4.79 Å². The summed E-state index contributed by atoms with van der Waals surface area (Å²) in [6, 6.07) is 13.4. The summed E-state index contributed by atoms with van der Waals surface area (Å²) >= 11 is 0. The summed E-state index contributed by atoms with van der Waals surface area (Å²) < 4.78 is 10.4. The van der Waals surface area contributed by atoms with E-state index in [0.717, 1.165) is 17.5 Å². The van der Waals surface area contributed by atoms with Crippen molar-refractivity contribution in [2.24, 2.45) is 5.10 Å². The minimum Gasteiger partial charge on any atom is -0.493 e. The third-order valence-electron chi connectivity index (χ3n) is 3.60. The summed E-state index contributed by atoms with van der Waals surface area (Å²) in [5.74, 6) is 1.04. The Kier molecular flexibility index (Phi) is 6.37. The SMILES string of the molecule is CCc1ccc(/C=N/NC(=O)Cc2ccc(OC)c(OC)c2)cc1. The molecule has 0 fully saturated rings. The predicted molar refractivity (Wildman–Crippen MR) is 94.8 cm³/mol. The van der Waals surface area contributed by atoms with Crippen LogP contribution in [0.15, 0.2) is 47.6 Å². The number of carbonyl (C=O) groups excluding carboxylic acids is 1. The fourth-order valence-corrected chi connectivity index (χ4v) is 2.23. The van der Waals surface area contributed by atoms with Gasteiger partial charge in [0, 0.05) is 0 Å². The van der Waals surface area contributed by atoms with Gasteiger partial charge in [0.15, 0.2) is 11.5 Å². The van der Waals surface area contributed by atoms with Crippen molar-refractivity contribution in [2.45, 2.75) is 19.8 Å². The lowest BCUT2D eigenvalue weighted by Crippen LogP contribution is -2.19. The minimum absolute atomic E-state index is 0.191. The first-order valence-electron chi connectivity index (χ1n) is 7.78. The number of ether oxygens (including phenoxy) is 2. The van der Waals surface area contributed by atoms with Crippen molar-refractivity contribution in [1.82, 2.24) is 5.43 Å². The van der Waals surface area contributed by atoms with Crippen LogP contribution in [0.3, 0.4) is 0 Å². The molecule has 0 aliphatic carbocycles. The molecule has 0 heterocycles. The Morgan fingerprint density at radius 3 is 2.33 bits per heavy atom. The zero-order valence-corrected chi connectivity index (χ0v) is 14.2. The molecule has 0 saturated carbocycles. The molecular formula is C19H22N2O3. The first-order chi connectivity index (χ1) is 11.7. The monoisotopic (exact) mass is 326 g/mol. The molecule has 5 nitrogen and oxygen atoms in total. The summed E-state index contributed by atoms with van der Waals surface area (Å²) in [5, 5.41) is 3.99. The number of rotatable bonds is 7. The van der Waals surface area contributed by atoms with E-state index >= 15 is 0 Å². The summed E-state index contributed by atoms with van der Waals surface area (Å²) in [6.07, 6.45) is 2.85. The lowest BCUT2D eigenvalue weighted by molar-refractivity contribution is -0.120. The van der Waals surface area contributed by atoms with Crippen LogP contribution in [0.2, 0.25) is 0 Å². The van der Waals surface area contributed by atoms with Gasteiger partial charge in [-0.2, -0.15) is 5.10 Å². The van der Waals surface area contributed by atoms with Crippen molar-refractivity contribution in [3.8, 4) is 11.5 Å². The summed E-state index contributed by atoms with van der Waals surface area (Å²) in [6.45, 7) is 2.11. The van der Waals surface area contributed by atoms with E-state index in [1.165, 1.54) is 5.56 Å². The molecule has 24 heavy (non-hydrogen) atoms. The highest BCUT2D eigenvalue weighted by atomic mass is 16.5. The van der Waals surface area contributed by atoms with Crippen molar-refractivity contribution in [3.05, 3.63) is 59.2 Å². The van der Waals surface area contributed by atoms with Crippen LogP contribution in [0, 0.1) is 0 Å². The molecule has 1 amide bonds. The maximum Gasteiger partial charge on any atom is 0.244 e. The van der Waals surface area contributed by atoms with E-state index in [0.29, 0.717) is 11.5 Å². The van der Waals surface area contributed by atoms with Crippen LogP contribution in [-0.2, 0) is 17.6 Å². The molecule has 2 aromatic carbocycles. The van der Waals surface area contributed by atoms with Crippen LogP contribution in [-0.4, -0.2) is 26.3 Å². The van der Waals surface area contributed by atoms with Gasteiger partial charge in [-0.05, 0) is 35.2 Å². The number of aryl methyl sites for hydroxylation is 1. The second-order valence-electron chi connectivity index (χ2n) is 5.25. The van der Waals surface area contributed by atoms with E-state index in [1.807, 2.05) is 30.3 Å². The Bertz CT molecular complexity index is 709. The highest BCUT2D eigenvalue weighted by Gasteiger charge is 2.07. The number of hydrogen-bond donors (Lipinski definition) is 1. The van der Waals surface area contributed by atoms with Crippen molar-refractivity contribution in [2.75, 3.05) is 14.2 Å². The summed E-state index contributed by atoms with van der Waals surface area (Å²) in [4.78, 5) is 12.0. The van der Waals surface area contributed by atoms with Crippen molar-refractivity contribution in [3.63, 3.8) is 0 Å². The van der Waals surface area contributed by atoms with Gasteiger partial charge in [0.2, 0.25) is 5.91 Å². The molecule has 5 heteroatoms. The molecule has 2 aromatic rings. The third-order valence-corrected chi connectivity index (χ3v) is 3.60. The van der Waals surface area contributed by atoms with E-state index in [2.05, 4.69) is 17.5 Å². The molecule has 0 aliphatic heterocycles. The number of methoxy groups -OCH3 is 2. The molecule has 0 aliphatic rings. The van der Waals surface area contributed by atoms with E-state index in [4.69, 9.17) is 9.47 Å². The summed E-state index contributed by atoms with van der Waals surface area (Å²) in [5.41, 5.74) is 5.57. The van der Waals surface area contributed by atoms with E-state index in [1.54, 1.807) is 32.6 Å². The molecule has 1 N–H and O–H groups in total. The molecule has 126 valence electrons. The number of nitrogens with one attached hydrogen (secondary N) is 1. The topological polar surface area (TPSA) is 59.9 Å². The molecule has 2 rings (SSSR count). The number of nitrogens with zero attached hydrogens (tertiary/aromatic N) is 1. The second-order valence-corrected chi connectivity index (χ2v) is 5.25. The third kappa shape index (κ3) is 4.84. The Morgan fingerprint density at radius 2 is 1.71 bits per heavy atom. The largest absolute Gasteiger partial charge is 0.493 e. The average molecular weight is 326 g/mol. The smallest absolute Gasteiger partial charge is 0.244 e. The molecule has 0 aromatic heterocycles. The first kappa shape index (κ1) is 17.5. The Morgan fingerprint density at radius 1 is 1.04 bits per heavy atom. The van der Waals surface area contributed by atoms with Crippen LogP contribution in [0.25, 0.3) is 0 Å². The van der Waals surface area contributed by atoms with Gasteiger partial charge in [-0.15, -0.1) is 0 Å². The molecule has 0 unspecified atom stereocenters. The van der Waals surface area contributed by atoms with Crippen molar-refractivity contribution < 1.29 is 14.3 Å². The zero-order valence-electron chi connectivity index (χ0n) is 14.2. The van der Waals surface area contributed by atoms with Gasteiger partial charge >= 0.3 is 0 Å². The van der Waals surface area contributed by atoms with Crippen LogP contribution >= 0.6 is 0 Å². The Hall–Kier alpha value is -2.82. The van der Waals surface area contributed by atoms with Gasteiger partial charge in [-0.1, -0.05) is 37.3 Å². The highest BCUT2D eigenvalue weighted by Crippen LogP contribution is 2.27.